The molecular formula is C16H17N3O3S. The number of para-hydroxylation sites is 1. The van der Waals surface area contributed by atoms with Crippen LogP contribution in [0.2, 0.25) is 0 Å². The van der Waals surface area contributed by atoms with Crippen LogP contribution >= 0.6 is 0 Å². The lowest BCUT2D eigenvalue weighted by atomic mass is 10.1. The number of aromatic nitrogens is 2. The van der Waals surface area contributed by atoms with Gasteiger partial charge in [0.1, 0.15) is 12.4 Å². The molecule has 7 heteroatoms. The number of hydrogen-bond acceptors (Lipinski definition) is 4. The number of hydrogen-bond donors (Lipinski definition) is 2. The molecule has 0 bridgehead atoms. The Labute approximate surface area is 135 Å². The van der Waals surface area contributed by atoms with Crippen molar-refractivity contribution in [3.05, 3.63) is 55.0 Å². The van der Waals surface area contributed by atoms with Gasteiger partial charge in [0.05, 0.1) is 19.1 Å². The zero-order chi connectivity index (χ0) is 16.5. The first-order valence-corrected chi connectivity index (χ1v) is 8.37. The van der Waals surface area contributed by atoms with E-state index in [1.54, 1.807) is 6.08 Å². The van der Waals surface area contributed by atoms with E-state index < -0.39 is 10.0 Å². The van der Waals surface area contributed by atoms with Crippen molar-refractivity contribution in [2.45, 2.75) is 11.4 Å². The van der Waals surface area contributed by atoms with Gasteiger partial charge in [-0.15, -0.1) is 6.58 Å². The standard InChI is InChI=1S/C16H17N3O3S/c1-2-7-14-8-3-4-9-15(14)22-11-6-5-10-19-23(20,21)16-12-17-13-18-16/h2-4,8-9,12-13,19H,1,7,10-11H2,(H,17,18). The van der Waals surface area contributed by atoms with Crippen molar-refractivity contribution in [3.8, 4) is 17.6 Å². The average molecular weight is 331 g/mol. The van der Waals surface area contributed by atoms with E-state index >= 15 is 0 Å². The summed E-state index contributed by atoms with van der Waals surface area (Å²) in [6.45, 7) is 3.89. The number of H-pyrrole nitrogens is 1. The fourth-order valence-corrected chi connectivity index (χ4v) is 2.62. The highest BCUT2D eigenvalue weighted by Crippen LogP contribution is 2.18. The van der Waals surface area contributed by atoms with Crippen LogP contribution < -0.4 is 9.46 Å². The summed E-state index contributed by atoms with van der Waals surface area (Å²) in [5.74, 6) is 6.23. The van der Waals surface area contributed by atoms with Gasteiger partial charge in [-0.05, 0) is 18.1 Å². The summed E-state index contributed by atoms with van der Waals surface area (Å²) in [7, 11) is -3.59. The molecule has 23 heavy (non-hydrogen) atoms. The Kier molecular flexibility index (Phi) is 5.97. The number of allylic oxidation sites excluding steroid dienone is 1. The van der Waals surface area contributed by atoms with E-state index in [9.17, 15) is 8.42 Å². The Morgan fingerprint density at radius 3 is 2.91 bits per heavy atom. The zero-order valence-electron chi connectivity index (χ0n) is 12.5. The molecular weight excluding hydrogens is 314 g/mol. The summed E-state index contributed by atoms with van der Waals surface area (Å²) in [4.78, 5) is 6.19. The molecule has 2 aromatic rings. The first-order valence-electron chi connectivity index (χ1n) is 6.89. The van der Waals surface area contributed by atoms with E-state index in [0.717, 1.165) is 11.3 Å². The second-order valence-corrected chi connectivity index (χ2v) is 6.22. The molecule has 0 unspecified atom stereocenters. The van der Waals surface area contributed by atoms with Crippen LogP contribution in [0.3, 0.4) is 0 Å². The van der Waals surface area contributed by atoms with Crippen LogP contribution in [-0.2, 0) is 16.4 Å². The maximum atomic E-state index is 11.8. The molecule has 0 aliphatic rings. The van der Waals surface area contributed by atoms with Gasteiger partial charge in [0, 0.05) is 0 Å². The van der Waals surface area contributed by atoms with E-state index in [4.69, 9.17) is 4.74 Å². The highest BCUT2D eigenvalue weighted by atomic mass is 32.2. The third-order valence-electron chi connectivity index (χ3n) is 2.87. The molecule has 120 valence electrons. The first kappa shape index (κ1) is 16.8. The van der Waals surface area contributed by atoms with Crippen LogP contribution in [0.5, 0.6) is 5.75 Å². The number of imidazole rings is 1. The van der Waals surface area contributed by atoms with E-state index in [1.165, 1.54) is 12.5 Å². The normalized spacial score (nSPS) is 10.6. The van der Waals surface area contributed by atoms with E-state index in [-0.39, 0.29) is 18.2 Å². The minimum Gasteiger partial charge on any atom is -0.481 e. The highest BCUT2D eigenvalue weighted by Gasteiger charge is 2.13. The predicted molar refractivity (Wildman–Crippen MR) is 87.4 cm³/mol. The molecule has 0 amide bonds. The Morgan fingerprint density at radius 1 is 1.35 bits per heavy atom. The monoisotopic (exact) mass is 331 g/mol. The van der Waals surface area contributed by atoms with Gasteiger partial charge in [0.15, 0.2) is 5.03 Å². The smallest absolute Gasteiger partial charge is 0.258 e. The van der Waals surface area contributed by atoms with Crippen molar-refractivity contribution in [1.29, 1.82) is 0 Å². The molecule has 1 aromatic heterocycles. The van der Waals surface area contributed by atoms with Crippen molar-refractivity contribution < 1.29 is 13.2 Å². The molecule has 1 aromatic carbocycles. The largest absolute Gasteiger partial charge is 0.481 e. The summed E-state index contributed by atoms with van der Waals surface area (Å²) in [5.41, 5.74) is 1.03. The number of aromatic amines is 1. The minimum atomic E-state index is -3.59. The lowest BCUT2D eigenvalue weighted by molar-refractivity contribution is 0.366. The van der Waals surface area contributed by atoms with Gasteiger partial charge in [-0.1, -0.05) is 36.1 Å². The Balaban J connectivity index is 1.82. The van der Waals surface area contributed by atoms with E-state index in [1.807, 2.05) is 24.3 Å². The third kappa shape index (κ3) is 4.98. The van der Waals surface area contributed by atoms with Crippen molar-refractivity contribution in [1.82, 2.24) is 14.7 Å². The van der Waals surface area contributed by atoms with Crippen LogP contribution in [0.1, 0.15) is 5.56 Å². The number of nitrogens with one attached hydrogen (secondary N) is 2. The Bertz CT molecular complexity index is 803. The van der Waals surface area contributed by atoms with Gasteiger partial charge in [0.2, 0.25) is 0 Å². The van der Waals surface area contributed by atoms with Crippen LogP contribution in [0.15, 0.2) is 54.5 Å². The fraction of sp³-hybridized carbons (Fsp3) is 0.188. The molecule has 2 rings (SSSR count). The summed E-state index contributed by atoms with van der Waals surface area (Å²) >= 11 is 0. The number of ether oxygens (including phenoxy) is 1. The molecule has 1 heterocycles. The van der Waals surface area contributed by atoms with Gasteiger partial charge < -0.3 is 9.72 Å². The number of sulfonamides is 1. The minimum absolute atomic E-state index is 0.000974. The summed E-state index contributed by atoms with van der Waals surface area (Å²) < 4.78 is 31.5. The molecule has 2 N–H and O–H groups in total. The summed E-state index contributed by atoms with van der Waals surface area (Å²) in [6.07, 6.45) is 5.05. The number of rotatable bonds is 7. The van der Waals surface area contributed by atoms with Gasteiger partial charge in [0.25, 0.3) is 10.0 Å². The van der Waals surface area contributed by atoms with Gasteiger partial charge in [-0.3, -0.25) is 0 Å². The predicted octanol–water partition coefficient (Wildman–Crippen LogP) is 1.50. The number of benzene rings is 1. The van der Waals surface area contributed by atoms with E-state index in [2.05, 4.69) is 33.1 Å². The topological polar surface area (TPSA) is 84.1 Å². The zero-order valence-corrected chi connectivity index (χ0v) is 13.3. The van der Waals surface area contributed by atoms with Crippen molar-refractivity contribution in [3.63, 3.8) is 0 Å². The molecule has 0 aliphatic heterocycles. The van der Waals surface area contributed by atoms with Gasteiger partial charge in [-0.25, -0.2) is 13.4 Å². The molecule has 0 saturated heterocycles. The van der Waals surface area contributed by atoms with Crippen molar-refractivity contribution in [2.24, 2.45) is 0 Å². The second kappa shape index (κ2) is 8.17. The lowest BCUT2D eigenvalue weighted by Gasteiger charge is -2.07. The fourth-order valence-electron chi connectivity index (χ4n) is 1.80. The molecule has 0 atom stereocenters. The molecule has 0 fully saturated rings. The lowest BCUT2D eigenvalue weighted by Crippen LogP contribution is -2.24. The Hall–Kier alpha value is -2.56. The summed E-state index contributed by atoms with van der Waals surface area (Å²) in [5, 5.41) is 0.00824. The average Bonchev–Trinajstić information content (AvgIpc) is 3.08. The highest BCUT2D eigenvalue weighted by molar-refractivity contribution is 7.89. The molecule has 0 radical (unpaired) electrons. The maximum Gasteiger partial charge on any atom is 0.258 e. The SMILES string of the molecule is C=CCc1ccccc1OCC#CCNS(=O)(=O)c1cnc[nH]1. The van der Waals surface area contributed by atoms with Crippen LogP contribution in [-0.4, -0.2) is 31.5 Å². The molecule has 6 nitrogen and oxygen atoms in total. The van der Waals surface area contributed by atoms with E-state index in [0.29, 0.717) is 6.42 Å². The van der Waals surface area contributed by atoms with Crippen LogP contribution in [0.25, 0.3) is 0 Å². The first-order chi connectivity index (χ1) is 11.1. The van der Waals surface area contributed by atoms with Crippen LogP contribution in [0, 0.1) is 11.8 Å². The molecule has 0 spiro atoms. The maximum absolute atomic E-state index is 11.8. The second-order valence-electron chi connectivity index (χ2n) is 4.48. The molecule has 0 aliphatic carbocycles. The third-order valence-corrected chi connectivity index (χ3v) is 4.20. The number of nitrogens with zero attached hydrogens (tertiary/aromatic N) is 1. The van der Waals surface area contributed by atoms with Gasteiger partial charge in [-0.2, -0.15) is 4.72 Å². The van der Waals surface area contributed by atoms with Gasteiger partial charge >= 0.3 is 0 Å². The quantitative estimate of drug-likeness (QED) is 0.595. The van der Waals surface area contributed by atoms with Crippen molar-refractivity contribution in [2.75, 3.05) is 13.2 Å². The Morgan fingerprint density at radius 2 is 2.17 bits per heavy atom. The molecule has 0 saturated carbocycles. The van der Waals surface area contributed by atoms with Crippen LogP contribution in [0.4, 0.5) is 0 Å². The summed E-state index contributed by atoms with van der Waals surface area (Å²) in [6, 6.07) is 7.64. The van der Waals surface area contributed by atoms with Crippen molar-refractivity contribution >= 4 is 10.0 Å².